The van der Waals surface area contributed by atoms with Gasteiger partial charge in [0.15, 0.2) is 0 Å². The summed E-state index contributed by atoms with van der Waals surface area (Å²) in [5.74, 6) is 3.65. The number of anilines is 1. The van der Waals surface area contributed by atoms with E-state index in [0.717, 1.165) is 49.4 Å². The Morgan fingerprint density at radius 1 is 0.547 bits per heavy atom. The molecule has 1 aliphatic heterocycles. The maximum atomic E-state index is 14.9. The molecule has 7 aromatic carbocycles. The van der Waals surface area contributed by atoms with Crippen molar-refractivity contribution in [2.45, 2.75) is 41.0 Å². The van der Waals surface area contributed by atoms with Crippen LogP contribution in [0.5, 0.6) is 40.2 Å². The third-order valence-corrected chi connectivity index (χ3v) is 13.8. The van der Waals surface area contributed by atoms with Crippen molar-refractivity contribution in [3.05, 3.63) is 143 Å². The Morgan fingerprint density at radius 3 is 1.58 bits per heavy atom. The highest BCUT2D eigenvalue weighted by atomic mass is 31.2. The minimum Gasteiger partial charge on any atom is -0.497 e. The topological polar surface area (TPSA) is 111 Å². The Labute approximate surface area is 373 Å². The van der Waals surface area contributed by atoms with Gasteiger partial charge in [0.05, 0.1) is 39.7 Å². The van der Waals surface area contributed by atoms with Crippen LogP contribution in [0.4, 0.5) is 5.69 Å². The summed E-state index contributed by atoms with van der Waals surface area (Å²) in [5, 5.41) is 3.44. The van der Waals surface area contributed by atoms with Crippen molar-refractivity contribution in [1.82, 2.24) is 0 Å². The molecule has 1 amide bonds. The average Bonchev–Trinajstić information content (AvgIpc) is 3.46. The molecule has 9 rings (SSSR count). The van der Waals surface area contributed by atoms with E-state index in [1.54, 1.807) is 33.1 Å². The number of methoxy groups -OCH3 is 4. The predicted octanol–water partition coefficient (Wildman–Crippen LogP) is 14.1. The molecule has 2 heterocycles. The van der Waals surface area contributed by atoms with E-state index in [1.165, 1.54) is 0 Å². The Morgan fingerprint density at radius 2 is 1.03 bits per heavy atom. The number of hydrogen-bond acceptors (Lipinski definition) is 10. The second kappa shape index (κ2) is 17.4. The monoisotopic (exact) mass is 895 g/mol. The number of hydrogen-bond donors (Lipinski definition) is 0. The summed E-state index contributed by atoms with van der Waals surface area (Å²) in [5.41, 5.74) is 7.68. The summed E-state index contributed by atoms with van der Waals surface area (Å²) in [7, 11) is 2.21. The molecule has 1 atom stereocenters. The van der Waals surface area contributed by atoms with Crippen LogP contribution >= 0.6 is 16.8 Å². The van der Waals surface area contributed by atoms with Gasteiger partial charge >= 0.3 is 16.8 Å². The largest absolute Gasteiger partial charge is 0.497 e. The molecule has 0 aliphatic carbocycles. The van der Waals surface area contributed by atoms with Crippen LogP contribution in [0, 0.1) is 27.7 Å². The first-order chi connectivity index (χ1) is 31.0. The number of rotatable bonds is 11. The Kier molecular flexibility index (Phi) is 11.6. The van der Waals surface area contributed by atoms with Crippen molar-refractivity contribution in [1.29, 1.82) is 0 Å². The summed E-state index contributed by atoms with van der Waals surface area (Å²) in [6, 6.07) is 34.8. The zero-order valence-electron chi connectivity index (χ0n) is 37.0. The van der Waals surface area contributed by atoms with Gasteiger partial charge < -0.3 is 40.9 Å². The van der Waals surface area contributed by atoms with E-state index in [2.05, 4.69) is 6.92 Å². The molecule has 1 unspecified atom stereocenters. The van der Waals surface area contributed by atoms with Gasteiger partial charge in [-0.2, -0.15) is 0 Å². The molecule has 8 aromatic rings. The SMILES string of the molecule is CCc1ccccc1N1C(=O)c2cc3ccccc3cc2OP1Oc1c(C)cc(OC)cc1-c1cc(OC)cc(C)c1Op1oc2c(C)cc(OC)cc2c2cc(OC)cc(C)c2o1. The first-order valence-corrected chi connectivity index (χ1v) is 22.9. The molecule has 0 radical (unpaired) electrons. The molecule has 11 nitrogen and oxygen atoms in total. The van der Waals surface area contributed by atoms with Crippen molar-refractivity contribution in [3.8, 4) is 51.4 Å². The number of ether oxygens (including phenoxy) is 4. The van der Waals surface area contributed by atoms with Gasteiger partial charge in [0.25, 0.3) is 5.91 Å². The second-order valence-electron chi connectivity index (χ2n) is 15.5. The number of benzene rings is 7. The zero-order chi connectivity index (χ0) is 44.8. The quantitative estimate of drug-likeness (QED) is 0.116. The van der Waals surface area contributed by atoms with Crippen molar-refractivity contribution < 1.29 is 45.7 Å². The van der Waals surface area contributed by atoms with E-state index in [9.17, 15) is 4.79 Å². The van der Waals surface area contributed by atoms with E-state index in [-0.39, 0.29) is 5.91 Å². The molecule has 0 N–H and O–H groups in total. The van der Waals surface area contributed by atoms with E-state index < -0.39 is 16.8 Å². The van der Waals surface area contributed by atoms with Crippen LogP contribution in [-0.2, 0) is 6.42 Å². The van der Waals surface area contributed by atoms with Gasteiger partial charge in [0.1, 0.15) is 51.4 Å². The third kappa shape index (κ3) is 7.69. The van der Waals surface area contributed by atoms with Gasteiger partial charge in [-0.25, -0.2) is 4.67 Å². The summed E-state index contributed by atoms with van der Waals surface area (Å²) in [6.07, 6.45) is 0.687. The molecule has 1 aromatic heterocycles. The smallest absolute Gasteiger partial charge is 0.453 e. The van der Waals surface area contributed by atoms with Crippen LogP contribution in [0.25, 0.3) is 43.8 Å². The highest BCUT2D eigenvalue weighted by Gasteiger charge is 2.41. The standard InChI is InChI=1S/C51H47NO10P2/c1-10-33-15-13-14-18-45(33)52-51(53)44-23-34-16-11-12-17-35(34)24-46(44)58-63(52)59-47-29(2)19-36(54-6)25-40(47)41-26-37(55-7)20-30(3)48(41)60-64-61-49-31(4)21-38(56-8)27-42(49)43-28-39(57-9)22-32(5)50(43)62-64/h11-28H,10H2,1-9H3. The molecule has 0 bridgehead atoms. The number of para-hydroxylation sites is 1. The molecule has 64 heavy (non-hydrogen) atoms. The molecule has 0 saturated carbocycles. The van der Waals surface area contributed by atoms with Crippen molar-refractivity contribution in [2.24, 2.45) is 0 Å². The highest BCUT2D eigenvalue weighted by Crippen LogP contribution is 2.57. The van der Waals surface area contributed by atoms with Gasteiger partial charge in [-0.1, -0.05) is 49.4 Å². The van der Waals surface area contributed by atoms with Crippen LogP contribution in [-0.4, -0.2) is 34.3 Å². The molecule has 1 aliphatic rings. The van der Waals surface area contributed by atoms with Crippen LogP contribution in [0.2, 0.25) is 0 Å². The zero-order valence-corrected chi connectivity index (χ0v) is 38.8. The maximum absolute atomic E-state index is 14.9. The summed E-state index contributed by atoms with van der Waals surface area (Å²) >= 11 is 0. The number of aryl methyl sites for hydroxylation is 5. The fourth-order valence-corrected chi connectivity index (χ4v) is 11.0. The van der Waals surface area contributed by atoms with Gasteiger partial charge in [0.2, 0.25) is 0 Å². The molecular formula is C51H47NO10P2. The minimum absolute atomic E-state index is 0.222. The first kappa shape index (κ1) is 42.5. The summed E-state index contributed by atoms with van der Waals surface area (Å²) in [4.78, 5) is 14.9. The second-order valence-corrected chi connectivity index (χ2v) is 17.7. The molecule has 0 spiro atoms. The van der Waals surface area contributed by atoms with Crippen LogP contribution < -0.4 is 37.2 Å². The molecule has 326 valence electrons. The minimum atomic E-state index is -2.15. The Balaban J connectivity index is 1.24. The van der Waals surface area contributed by atoms with Crippen molar-refractivity contribution in [2.75, 3.05) is 33.1 Å². The van der Waals surface area contributed by atoms with E-state index in [1.807, 2.05) is 137 Å². The van der Waals surface area contributed by atoms with Gasteiger partial charge in [-0.3, -0.25) is 4.79 Å². The fourth-order valence-electron chi connectivity index (χ4n) is 8.13. The van der Waals surface area contributed by atoms with Gasteiger partial charge in [0, 0.05) is 21.9 Å². The molecule has 13 heteroatoms. The van der Waals surface area contributed by atoms with E-state index in [4.69, 9.17) is 40.9 Å². The summed E-state index contributed by atoms with van der Waals surface area (Å²) in [6.45, 7) is 9.86. The third-order valence-electron chi connectivity index (χ3n) is 11.4. The average molecular weight is 896 g/mol. The van der Waals surface area contributed by atoms with E-state index >= 15 is 0 Å². The summed E-state index contributed by atoms with van der Waals surface area (Å²) < 4.78 is 59.3. The molecular weight excluding hydrogens is 849 g/mol. The number of carbonyl (C=O) groups is 1. The lowest BCUT2D eigenvalue weighted by molar-refractivity contribution is 0.0995. The highest BCUT2D eigenvalue weighted by molar-refractivity contribution is 7.51. The number of carbonyl (C=O) groups excluding carboxylic acids is 1. The lowest BCUT2D eigenvalue weighted by Crippen LogP contribution is -2.34. The fraction of sp³-hybridized carbons (Fsp3) is 0.196. The maximum Gasteiger partial charge on any atom is 0.453 e. The first-order valence-electron chi connectivity index (χ1n) is 20.7. The van der Waals surface area contributed by atoms with Crippen LogP contribution in [0.15, 0.2) is 118 Å². The van der Waals surface area contributed by atoms with E-state index in [0.29, 0.717) is 80.2 Å². The van der Waals surface area contributed by atoms with Gasteiger partial charge in [-0.15, -0.1) is 0 Å². The van der Waals surface area contributed by atoms with Crippen LogP contribution in [0.1, 0.15) is 45.1 Å². The molecule has 0 fully saturated rings. The molecule has 0 saturated heterocycles. The number of fused-ring (bicyclic) bond motifs is 5. The number of amides is 1. The van der Waals surface area contributed by atoms with Crippen LogP contribution in [0.3, 0.4) is 0 Å². The normalized spacial score (nSPS) is 13.4. The lowest BCUT2D eigenvalue weighted by Gasteiger charge is -2.35. The Hall–Kier alpha value is -6.80. The van der Waals surface area contributed by atoms with Crippen molar-refractivity contribution >= 4 is 61.1 Å². The lowest BCUT2D eigenvalue weighted by atomic mass is 9.98. The predicted molar refractivity (Wildman–Crippen MR) is 254 cm³/mol. The van der Waals surface area contributed by atoms with Gasteiger partial charge in [-0.05, 0) is 139 Å². The van der Waals surface area contributed by atoms with Crippen molar-refractivity contribution in [3.63, 3.8) is 0 Å². The Bertz CT molecular complexity index is 3110. The number of nitrogens with zero attached hydrogens (tertiary/aromatic N) is 1.